The molecule has 9 rings (SSSR count). The fourth-order valence-electron chi connectivity index (χ4n) is 14.0. The van der Waals surface area contributed by atoms with Crippen LogP contribution in [0.4, 0.5) is 0 Å². The van der Waals surface area contributed by atoms with E-state index in [-0.39, 0.29) is 77.3 Å². The van der Waals surface area contributed by atoms with Crippen LogP contribution in [-0.2, 0) is 40.6 Å². The number of hydrogen-bond acceptors (Lipinski definition) is 10. The first-order valence-corrected chi connectivity index (χ1v) is 23.6. The van der Waals surface area contributed by atoms with Crippen molar-refractivity contribution in [3.63, 3.8) is 0 Å². The lowest BCUT2D eigenvalue weighted by molar-refractivity contribution is -0.221. The maximum absolute atomic E-state index is 14.6. The Balaban J connectivity index is 0.898. The normalized spacial score (nSPS) is 34.0. The Hall–Kier alpha value is -4.81. The van der Waals surface area contributed by atoms with Crippen molar-refractivity contribution >= 4 is 17.5 Å². The van der Waals surface area contributed by atoms with Gasteiger partial charge < -0.3 is 14.6 Å². The topological polar surface area (TPSA) is 151 Å². The quantitative estimate of drug-likeness (QED) is 0.0783. The highest BCUT2D eigenvalue weighted by atomic mass is 16.5. The molecule has 12 nitrogen and oxygen atoms in total. The highest BCUT2D eigenvalue weighted by Gasteiger charge is 2.70. The third-order valence-corrected chi connectivity index (χ3v) is 17.8. The largest absolute Gasteiger partial charge is 0.459 e. The first kappa shape index (κ1) is 44.4. The number of ketones is 2. The average Bonchev–Trinajstić information content (AvgIpc) is 3.93. The molecule has 1 N–H and O–H groups in total. The fourth-order valence-corrected chi connectivity index (χ4v) is 14.0. The summed E-state index contributed by atoms with van der Waals surface area (Å²) in [4.78, 5) is 40.2. The highest BCUT2D eigenvalue weighted by Crippen LogP contribution is 2.76. The van der Waals surface area contributed by atoms with Crippen LogP contribution in [0.2, 0.25) is 0 Å². The van der Waals surface area contributed by atoms with E-state index in [0.29, 0.717) is 35.0 Å². The molecule has 340 valence electrons. The molecule has 0 radical (unpaired) electrons. The molecule has 5 aliphatic rings. The van der Waals surface area contributed by atoms with Crippen molar-refractivity contribution in [1.82, 2.24) is 30.0 Å². The van der Waals surface area contributed by atoms with E-state index in [1.165, 1.54) is 10.3 Å². The molecule has 0 bridgehead atoms. The molecule has 9 atom stereocenters. The Morgan fingerprint density at radius 3 is 1.94 bits per heavy atom. The van der Waals surface area contributed by atoms with E-state index in [9.17, 15) is 19.5 Å². The Labute approximate surface area is 377 Å². The first-order valence-electron chi connectivity index (χ1n) is 23.6. The van der Waals surface area contributed by atoms with E-state index in [4.69, 9.17) is 9.47 Å². The molecular formula is C52H66N6O6. The average molecular weight is 871 g/mol. The van der Waals surface area contributed by atoms with Crippen LogP contribution >= 0.6 is 0 Å². The minimum atomic E-state index is -0.599. The number of fused-ring (bicyclic) bond motifs is 7. The van der Waals surface area contributed by atoms with Crippen molar-refractivity contribution < 1.29 is 29.0 Å². The highest BCUT2D eigenvalue weighted by molar-refractivity contribution is 5.96. The molecule has 4 aromatic rings. The second-order valence-electron chi connectivity index (χ2n) is 21.9. The summed E-state index contributed by atoms with van der Waals surface area (Å²) in [7, 11) is 0. The number of esters is 1. The van der Waals surface area contributed by atoms with Crippen molar-refractivity contribution in [2.24, 2.45) is 50.2 Å². The van der Waals surface area contributed by atoms with Gasteiger partial charge in [-0.1, -0.05) is 124 Å². The summed E-state index contributed by atoms with van der Waals surface area (Å²) in [5.74, 6) is 0.549. The number of aromatic nitrogens is 6. The number of benzene rings is 2. The van der Waals surface area contributed by atoms with Crippen LogP contribution in [0.5, 0.6) is 0 Å². The lowest BCUT2D eigenvalue weighted by atomic mass is 9.33. The Kier molecular flexibility index (Phi) is 11.5. The van der Waals surface area contributed by atoms with Crippen molar-refractivity contribution in [3.05, 3.63) is 107 Å². The van der Waals surface area contributed by atoms with Crippen LogP contribution in [-0.4, -0.2) is 65.3 Å². The van der Waals surface area contributed by atoms with Crippen molar-refractivity contribution in [2.45, 2.75) is 138 Å². The lowest BCUT2D eigenvalue weighted by Gasteiger charge is -2.71. The monoisotopic (exact) mass is 871 g/mol. The number of aliphatic hydroxyl groups excluding tert-OH is 1. The smallest absolute Gasteiger partial charge is 0.313 e. The van der Waals surface area contributed by atoms with E-state index in [1.54, 1.807) is 41.3 Å². The van der Waals surface area contributed by atoms with E-state index < -0.39 is 16.9 Å². The zero-order valence-electron chi connectivity index (χ0n) is 38.6. The molecule has 4 saturated carbocycles. The van der Waals surface area contributed by atoms with Gasteiger partial charge in [-0.15, -0.1) is 10.2 Å². The molecule has 0 amide bonds. The van der Waals surface area contributed by atoms with Gasteiger partial charge >= 0.3 is 5.97 Å². The Morgan fingerprint density at radius 1 is 0.719 bits per heavy atom. The summed E-state index contributed by atoms with van der Waals surface area (Å²) in [6.07, 6.45) is 14.7. The van der Waals surface area contributed by atoms with Gasteiger partial charge in [-0.2, -0.15) is 0 Å². The first-order chi connectivity index (χ1) is 30.5. The van der Waals surface area contributed by atoms with Gasteiger partial charge in [0.1, 0.15) is 31.1 Å². The number of carbonyl (C=O) groups is 3. The van der Waals surface area contributed by atoms with Crippen LogP contribution in [0.1, 0.15) is 138 Å². The molecule has 0 saturated heterocycles. The van der Waals surface area contributed by atoms with Crippen LogP contribution < -0.4 is 0 Å². The summed E-state index contributed by atoms with van der Waals surface area (Å²) in [5, 5.41) is 28.8. The Morgan fingerprint density at radius 2 is 1.31 bits per heavy atom. The van der Waals surface area contributed by atoms with Crippen LogP contribution in [0.15, 0.2) is 84.7 Å². The van der Waals surface area contributed by atoms with Gasteiger partial charge in [0, 0.05) is 16.5 Å². The van der Waals surface area contributed by atoms with Gasteiger partial charge in [-0.25, -0.2) is 9.36 Å². The molecule has 2 aromatic heterocycles. The van der Waals surface area contributed by atoms with E-state index in [0.717, 1.165) is 64.2 Å². The molecule has 2 aromatic carbocycles. The van der Waals surface area contributed by atoms with Gasteiger partial charge in [0.15, 0.2) is 11.6 Å². The molecule has 64 heavy (non-hydrogen) atoms. The molecule has 5 aliphatic carbocycles. The third-order valence-electron chi connectivity index (χ3n) is 17.8. The van der Waals surface area contributed by atoms with Gasteiger partial charge in [0.05, 0.1) is 37.1 Å². The fraction of sp³-hybridized carbons (Fsp3) is 0.596. The summed E-state index contributed by atoms with van der Waals surface area (Å²) in [5.41, 5.74) is 2.88. The zero-order valence-corrected chi connectivity index (χ0v) is 38.6. The van der Waals surface area contributed by atoms with Crippen LogP contribution in [0.25, 0.3) is 0 Å². The minimum absolute atomic E-state index is 0.00935. The molecular weight excluding hydrogens is 805 g/mol. The molecule has 2 heterocycles. The number of hydrogen-bond donors (Lipinski definition) is 1. The lowest BCUT2D eigenvalue weighted by Crippen LogP contribution is -2.66. The third kappa shape index (κ3) is 7.59. The predicted molar refractivity (Wildman–Crippen MR) is 240 cm³/mol. The SMILES string of the molecule is CC1(C)CC[C@]2(C(=O)OCc3cn(CC(=O)c4ccccc4)nn3)CC[C@]3(C)C(=CC[C@@H]4[C@@]5(C)CC[C@H](O)[C@@](C)(COCc6cn(CC(=O)c7ccccc7)nn6)[C@@H]5CC[C@]43C)[C@@H]2C1. The Bertz CT molecular complexity index is 2410. The van der Waals surface area contributed by atoms with Gasteiger partial charge in [-0.3, -0.25) is 14.4 Å². The van der Waals surface area contributed by atoms with Crippen LogP contribution in [0, 0.1) is 50.2 Å². The molecule has 4 fully saturated rings. The van der Waals surface area contributed by atoms with Crippen molar-refractivity contribution in [1.29, 1.82) is 0 Å². The second kappa shape index (κ2) is 16.6. The number of rotatable bonds is 13. The van der Waals surface area contributed by atoms with E-state index in [2.05, 4.69) is 68.2 Å². The predicted octanol–water partition coefficient (Wildman–Crippen LogP) is 9.04. The number of ether oxygens (including phenoxy) is 2. The summed E-state index contributed by atoms with van der Waals surface area (Å²) >= 11 is 0. The van der Waals surface area contributed by atoms with Gasteiger partial charge in [0.25, 0.3) is 0 Å². The van der Waals surface area contributed by atoms with Crippen molar-refractivity contribution in [2.75, 3.05) is 6.61 Å². The van der Waals surface area contributed by atoms with Crippen molar-refractivity contribution in [3.8, 4) is 0 Å². The van der Waals surface area contributed by atoms with Gasteiger partial charge in [0.2, 0.25) is 0 Å². The van der Waals surface area contributed by atoms with E-state index >= 15 is 0 Å². The molecule has 12 heteroatoms. The maximum Gasteiger partial charge on any atom is 0.313 e. The maximum atomic E-state index is 14.6. The van der Waals surface area contributed by atoms with E-state index in [1.807, 2.05) is 36.4 Å². The number of aliphatic hydroxyl groups is 1. The number of carbonyl (C=O) groups excluding carboxylic acids is 3. The molecule has 0 aliphatic heterocycles. The second-order valence-corrected chi connectivity index (χ2v) is 21.9. The summed E-state index contributed by atoms with van der Waals surface area (Å²) in [6, 6.07) is 18.4. The standard InChI is InChI=1S/C52H66N6O6/c1-47(2)23-25-52(46(62)64-33-38-29-58(56-54-38)31-42(60)36-15-11-8-12-16-36)26-24-50(5)39(40(52)27-47)17-18-44-48(3)21-20-45(61)49(4,43(48)19-22-51(44,50)6)34-63-32-37-28-57(55-53-37)30-41(59)35-13-9-7-10-14-35/h7-17,28-29,40,43-45,61H,18-27,30-34H2,1-6H3/t40-,43+,44+,45-,48-,49-,50+,51+,52-/m0/s1. The van der Waals surface area contributed by atoms with Gasteiger partial charge in [-0.05, 0) is 104 Å². The molecule has 0 spiro atoms. The number of Topliss-reactive ketones (excluding diaryl/α,β-unsaturated/α-hetero) is 2. The molecule has 0 unspecified atom stereocenters. The number of allylic oxidation sites excluding steroid dienone is 2. The summed E-state index contributed by atoms with van der Waals surface area (Å²) < 4.78 is 15.8. The number of nitrogens with zero attached hydrogens (tertiary/aromatic N) is 6. The minimum Gasteiger partial charge on any atom is -0.459 e. The van der Waals surface area contributed by atoms with Crippen LogP contribution in [0.3, 0.4) is 0 Å². The zero-order chi connectivity index (χ0) is 45.1. The summed E-state index contributed by atoms with van der Waals surface area (Å²) in [6.45, 7) is 15.4.